The molecule has 21 heavy (non-hydrogen) atoms. The van der Waals surface area contributed by atoms with Gasteiger partial charge >= 0.3 is 5.69 Å². The van der Waals surface area contributed by atoms with Gasteiger partial charge in [-0.05, 0) is 30.7 Å². The molecule has 0 saturated carbocycles. The maximum Gasteiger partial charge on any atom is 0.319 e. The summed E-state index contributed by atoms with van der Waals surface area (Å²) < 4.78 is 0.807. The zero-order valence-electron chi connectivity index (χ0n) is 11.2. The first-order valence-corrected chi connectivity index (χ1v) is 7.22. The third-order valence-corrected chi connectivity index (χ3v) is 4.01. The standard InChI is InChI=1S/C14H12N4O2S/c1-9(10-3-2-6-15-7-10)17-11-4-5-12-13(16-8-21-12)14(11)18(19)20/h2-9,17H,1H3. The minimum absolute atomic E-state index is 0.0180. The maximum absolute atomic E-state index is 11.4. The Morgan fingerprint density at radius 2 is 2.24 bits per heavy atom. The van der Waals surface area contributed by atoms with Crippen LogP contribution in [0.15, 0.2) is 42.2 Å². The number of aromatic nitrogens is 2. The van der Waals surface area contributed by atoms with E-state index >= 15 is 0 Å². The van der Waals surface area contributed by atoms with Crippen LogP contribution in [0.3, 0.4) is 0 Å². The summed E-state index contributed by atoms with van der Waals surface area (Å²) in [5.41, 5.74) is 3.49. The van der Waals surface area contributed by atoms with Gasteiger partial charge in [0.15, 0.2) is 5.52 Å². The highest BCUT2D eigenvalue weighted by Gasteiger charge is 2.21. The molecule has 3 rings (SSSR count). The highest BCUT2D eigenvalue weighted by Crippen LogP contribution is 2.35. The van der Waals surface area contributed by atoms with Gasteiger partial charge in [0.2, 0.25) is 0 Å². The van der Waals surface area contributed by atoms with Crippen LogP contribution in [0.25, 0.3) is 10.2 Å². The number of pyridine rings is 1. The molecule has 0 bridgehead atoms. The van der Waals surface area contributed by atoms with Crippen molar-refractivity contribution in [1.29, 1.82) is 0 Å². The molecule has 1 N–H and O–H groups in total. The second-order valence-electron chi connectivity index (χ2n) is 4.57. The average molecular weight is 300 g/mol. The number of rotatable bonds is 4. The number of anilines is 1. The Morgan fingerprint density at radius 3 is 2.95 bits per heavy atom. The summed E-state index contributed by atoms with van der Waals surface area (Å²) in [7, 11) is 0. The Bertz CT molecular complexity index is 788. The molecule has 0 aliphatic carbocycles. The van der Waals surface area contributed by atoms with Crippen molar-refractivity contribution in [3.63, 3.8) is 0 Å². The highest BCUT2D eigenvalue weighted by atomic mass is 32.1. The van der Waals surface area contributed by atoms with E-state index in [1.54, 1.807) is 24.0 Å². The fourth-order valence-electron chi connectivity index (χ4n) is 2.17. The fourth-order valence-corrected chi connectivity index (χ4v) is 2.85. The van der Waals surface area contributed by atoms with Crippen molar-refractivity contribution in [2.24, 2.45) is 0 Å². The lowest BCUT2D eigenvalue weighted by Crippen LogP contribution is -2.08. The Morgan fingerprint density at radius 1 is 1.38 bits per heavy atom. The van der Waals surface area contributed by atoms with Crippen molar-refractivity contribution >= 4 is 32.9 Å². The van der Waals surface area contributed by atoms with Crippen LogP contribution in [0.2, 0.25) is 0 Å². The van der Waals surface area contributed by atoms with Crippen LogP contribution in [0.5, 0.6) is 0 Å². The van der Waals surface area contributed by atoms with Gasteiger partial charge in [0.05, 0.1) is 21.2 Å². The first-order valence-electron chi connectivity index (χ1n) is 6.34. The second kappa shape index (κ2) is 5.45. The predicted molar refractivity (Wildman–Crippen MR) is 82.5 cm³/mol. The normalized spacial score (nSPS) is 12.2. The molecule has 3 aromatic rings. The van der Waals surface area contributed by atoms with E-state index in [1.165, 1.54) is 11.3 Å². The van der Waals surface area contributed by atoms with Gasteiger partial charge in [-0.15, -0.1) is 11.3 Å². The summed E-state index contributed by atoms with van der Waals surface area (Å²) in [5.74, 6) is 0. The van der Waals surface area contributed by atoms with Crippen LogP contribution in [0.4, 0.5) is 11.4 Å². The van der Waals surface area contributed by atoms with Crippen molar-refractivity contribution in [3.05, 3.63) is 57.8 Å². The number of thiazole rings is 1. The van der Waals surface area contributed by atoms with Gasteiger partial charge in [0.1, 0.15) is 5.69 Å². The van der Waals surface area contributed by atoms with Crippen LogP contribution in [-0.2, 0) is 0 Å². The molecule has 2 aromatic heterocycles. The van der Waals surface area contributed by atoms with Crippen LogP contribution in [0.1, 0.15) is 18.5 Å². The van der Waals surface area contributed by atoms with Crippen LogP contribution in [0, 0.1) is 10.1 Å². The molecule has 0 saturated heterocycles. The fraction of sp³-hybridized carbons (Fsp3) is 0.143. The molecule has 0 aliphatic heterocycles. The molecule has 0 radical (unpaired) electrons. The van der Waals surface area contributed by atoms with E-state index in [1.807, 2.05) is 25.1 Å². The molecule has 106 valence electrons. The van der Waals surface area contributed by atoms with Crippen LogP contribution < -0.4 is 5.32 Å². The SMILES string of the molecule is CC(Nc1ccc2scnc2c1[N+](=O)[O-])c1cccnc1. The van der Waals surface area contributed by atoms with Gasteiger partial charge in [0, 0.05) is 12.4 Å². The first-order chi connectivity index (χ1) is 10.2. The van der Waals surface area contributed by atoms with Gasteiger partial charge in [-0.2, -0.15) is 0 Å². The topological polar surface area (TPSA) is 81.0 Å². The highest BCUT2D eigenvalue weighted by molar-refractivity contribution is 7.16. The molecule has 1 atom stereocenters. The second-order valence-corrected chi connectivity index (χ2v) is 5.46. The van der Waals surface area contributed by atoms with Crippen molar-refractivity contribution in [1.82, 2.24) is 9.97 Å². The summed E-state index contributed by atoms with van der Waals surface area (Å²) in [6.07, 6.45) is 3.44. The molecule has 0 aliphatic rings. The summed E-state index contributed by atoms with van der Waals surface area (Å²) >= 11 is 1.39. The molecule has 0 fully saturated rings. The molecule has 6 nitrogen and oxygen atoms in total. The lowest BCUT2D eigenvalue weighted by Gasteiger charge is -2.15. The van der Waals surface area contributed by atoms with Crippen molar-refractivity contribution < 1.29 is 4.92 Å². The van der Waals surface area contributed by atoms with Crippen molar-refractivity contribution in [2.75, 3.05) is 5.32 Å². The number of fused-ring (bicyclic) bond motifs is 1. The number of nitrogens with zero attached hydrogens (tertiary/aromatic N) is 3. The third-order valence-electron chi connectivity index (χ3n) is 3.21. The van der Waals surface area contributed by atoms with E-state index in [4.69, 9.17) is 0 Å². The lowest BCUT2D eigenvalue weighted by atomic mass is 10.1. The van der Waals surface area contributed by atoms with Crippen LogP contribution >= 0.6 is 11.3 Å². The number of nitro groups is 1. The number of nitro benzene ring substituents is 1. The Labute approximate surface area is 124 Å². The summed E-state index contributed by atoms with van der Waals surface area (Å²) in [4.78, 5) is 19.1. The van der Waals surface area contributed by atoms with Gasteiger partial charge in [-0.1, -0.05) is 6.07 Å². The predicted octanol–water partition coefficient (Wildman–Crippen LogP) is 3.77. The summed E-state index contributed by atoms with van der Waals surface area (Å²) in [5, 5.41) is 14.5. The minimum Gasteiger partial charge on any atom is -0.373 e. The molecular formula is C14H12N4O2S. The zero-order valence-corrected chi connectivity index (χ0v) is 12.0. The molecule has 7 heteroatoms. The molecule has 0 amide bonds. The van der Waals surface area contributed by atoms with Crippen molar-refractivity contribution in [2.45, 2.75) is 13.0 Å². The van der Waals surface area contributed by atoms with E-state index in [-0.39, 0.29) is 16.7 Å². The molecule has 2 heterocycles. The number of benzene rings is 1. The number of hydrogen-bond donors (Lipinski definition) is 1. The van der Waals surface area contributed by atoms with Crippen molar-refractivity contribution in [3.8, 4) is 0 Å². The van der Waals surface area contributed by atoms with Gasteiger partial charge in [-0.3, -0.25) is 15.1 Å². The van der Waals surface area contributed by atoms with E-state index < -0.39 is 0 Å². The van der Waals surface area contributed by atoms with E-state index in [0.29, 0.717) is 11.2 Å². The molecule has 0 spiro atoms. The zero-order chi connectivity index (χ0) is 14.8. The molecule has 1 unspecified atom stereocenters. The Hall–Kier alpha value is -2.54. The van der Waals surface area contributed by atoms with E-state index in [0.717, 1.165) is 10.3 Å². The smallest absolute Gasteiger partial charge is 0.319 e. The summed E-state index contributed by atoms with van der Waals surface area (Å²) in [6, 6.07) is 7.25. The largest absolute Gasteiger partial charge is 0.373 e. The first kappa shape index (κ1) is 13.4. The number of hydrogen-bond acceptors (Lipinski definition) is 6. The summed E-state index contributed by atoms with van der Waals surface area (Å²) in [6.45, 7) is 1.94. The minimum atomic E-state index is -0.389. The Kier molecular flexibility index (Phi) is 3.49. The number of nitrogens with one attached hydrogen (secondary N) is 1. The molecular weight excluding hydrogens is 288 g/mol. The monoisotopic (exact) mass is 300 g/mol. The Balaban J connectivity index is 2.00. The quantitative estimate of drug-likeness (QED) is 0.586. The van der Waals surface area contributed by atoms with Gasteiger partial charge in [0.25, 0.3) is 0 Å². The average Bonchev–Trinajstić information content (AvgIpc) is 2.95. The maximum atomic E-state index is 11.4. The van der Waals surface area contributed by atoms with E-state index in [2.05, 4.69) is 15.3 Å². The van der Waals surface area contributed by atoms with E-state index in [9.17, 15) is 10.1 Å². The lowest BCUT2D eigenvalue weighted by molar-refractivity contribution is -0.382. The van der Waals surface area contributed by atoms with Gasteiger partial charge < -0.3 is 5.32 Å². The third kappa shape index (κ3) is 2.55. The van der Waals surface area contributed by atoms with Crippen LogP contribution in [-0.4, -0.2) is 14.9 Å². The van der Waals surface area contributed by atoms with Gasteiger partial charge in [-0.25, -0.2) is 4.98 Å². The molecule has 1 aromatic carbocycles.